The van der Waals surface area contributed by atoms with E-state index in [1.54, 1.807) is 20.4 Å². The van der Waals surface area contributed by atoms with Gasteiger partial charge in [-0.2, -0.15) is 5.10 Å². The second-order valence-corrected chi connectivity index (χ2v) is 5.82. The van der Waals surface area contributed by atoms with Gasteiger partial charge in [-0.1, -0.05) is 11.6 Å². The van der Waals surface area contributed by atoms with Crippen LogP contribution in [0.25, 0.3) is 10.9 Å². The fraction of sp³-hybridized carbons (Fsp3) is 0.200. The molecule has 0 aliphatic heterocycles. The van der Waals surface area contributed by atoms with Crippen molar-refractivity contribution in [1.82, 2.24) is 4.98 Å². The number of hydrogen-bond donors (Lipinski definition) is 1. The molecule has 0 saturated heterocycles. The monoisotopic (exact) mass is 335 g/mol. The van der Waals surface area contributed by atoms with E-state index in [1.807, 2.05) is 30.3 Å². The molecule has 3 aromatic rings. The summed E-state index contributed by atoms with van der Waals surface area (Å²) in [4.78, 5) is 4.60. The molecular weight excluding hydrogens is 314 g/mol. The maximum absolute atomic E-state index is 5.35. The number of aryl methyl sites for hydroxylation is 2. The van der Waals surface area contributed by atoms with Gasteiger partial charge < -0.3 is 9.47 Å². The number of hydrazone groups is 1. The Labute approximate surface area is 147 Å². The van der Waals surface area contributed by atoms with Gasteiger partial charge >= 0.3 is 0 Å². The first kappa shape index (κ1) is 16.8. The van der Waals surface area contributed by atoms with Crippen LogP contribution in [0, 0.1) is 13.8 Å². The topological polar surface area (TPSA) is 55.7 Å². The SMILES string of the molecule is COc1ccc(OC)c(/C=N/Nc2cc(C)c3cc(C)ccc3n2)c1. The smallest absolute Gasteiger partial charge is 0.147 e. The van der Waals surface area contributed by atoms with Gasteiger partial charge in [-0.3, -0.25) is 5.43 Å². The van der Waals surface area contributed by atoms with E-state index in [9.17, 15) is 0 Å². The Hall–Kier alpha value is -3.08. The molecule has 0 aliphatic rings. The molecule has 0 aliphatic carbocycles. The first-order valence-corrected chi connectivity index (χ1v) is 8.00. The average Bonchev–Trinajstić information content (AvgIpc) is 2.62. The Bertz CT molecular complexity index is 936. The lowest BCUT2D eigenvalue weighted by atomic mass is 10.1. The molecule has 0 saturated carbocycles. The van der Waals surface area contributed by atoms with Gasteiger partial charge in [0.05, 0.1) is 26.0 Å². The number of benzene rings is 2. The van der Waals surface area contributed by atoms with Crippen LogP contribution >= 0.6 is 0 Å². The number of rotatable bonds is 5. The Kier molecular flexibility index (Phi) is 4.84. The van der Waals surface area contributed by atoms with Crippen LogP contribution in [0.4, 0.5) is 5.82 Å². The van der Waals surface area contributed by atoms with Gasteiger partial charge in [0.1, 0.15) is 17.3 Å². The third-order valence-electron chi connectivity index (χ3n) is 3.99. The standard InChI is InChI=1S/C20H21N3O2/c1-13-5-7-18-17(9-13)14(2)10-20(22-18)23-21-12-15-11-16(24-3)6-8-19(15)25-4/h5-12H,1-4H3,(H,22,23)/b21-12+. The number of pyridine rings is 1. The molecule has 0 bridgehead atoms. The average molecular weight is 335 g/mol. The highest BCUT2D eigenvalue weighted by molar-refractivity contribution is 5.86. The number of anilines is 1. The molecule has 2 aromatic carbocycles. The summed E-state index contributed by atoms with van der Waals surface area (Å²) in [6, 6.07) is 13.8. The molecule has 0 fully saturated rings. The molecule has 5 heteroatoms. The summed E-state index contributed by atoms with van der Waals surface area (Å²) < 4.78 is 10.6. The van der Waals surface area contributed by atoms with Crippen LogP contribution in [0.2, 0.25) is 0 Å². The van der Waals surface area contributed by atoms with Crippen LogP contribution in [0.5, 0.6) is 11.5 Å². The number of nitrogens with zero attached hydrogens (tertiary/aromatic N) is 2. The molecule has 1 N–H and O–H groups in total. The van der Waals surface area contributed by atoms with Crippen molar-refractivity contribution in [3.8, 4) is 11.5 Å². The fourth-order valence-corrected chi connectivity index (χ4v) is 2.67. The number of ether oxygens (including phenoxy) is 2. The van der Waals surface area contributed by atoms with Gasteiger partial charge in [0.2, 0.25) is 0 Å². The maximum Gasteiger partial charge on any atom is 0.147 e. The van der Waals surface area contributed by atoms with E-state index in [0.29, 0.717) is 5.82 Å². The quantitative estimate of drug-likeness (QED) is 0.557. The summed E-state index contributed by atoms with van der Waals surface area (Å²) in [5.74, 6) is 2.17. The molecule has 5 nitrogen and oxygen atoms in total. The third-order valence-corrected chi connectivity index (χ3v) is 3.99. The number of fused-ring (bicyclic) bond motifs is 1. The normalized spacial score (nSPS) is 11.0. The minimum Gasteiger partial charge on any atom is -0.497 e. The zero-order chi connectivity index (χ0) is 17.8. The first-order chi connectivity index (χ1) is 12.1. The summed E-state index contributed by atoms with van der Waals surface area (Å²) in [6.07, 6.45) is 1.69. The molecule has 128 valence electrons. The van der Waals surface area contributed by atoms with Crippen LogP contribution in [0.15, 0.2) is 47.6 Å². The summed E-state index contributed by atoms with van der Waals surface area (Å²) in [5.41, 5.74) is 7.14. The van der Waals surface area contributed by atoms with Crippen molar-refractivity contribution in [1.29, 1.82) is 0 Å². The van der Waals surface area contributed by atoms with Crippen LogP contribution in [0.1, 0.15) is 16.7 Å². The second-order valence-electron chi connectivity index (χ2n) is 5.82. The van der Waals surface area contributed by atoms with E-state index in [2.05, 4.69) is 41.5 Å². The Morgan fingerprint density at radius 2 is 1.84 bits per heavy atom. The van der Waals surface area contributed by atoms with Gasteiger partial charge in [0, 0.05) is 10.9 Å². The van der Waals surface area contributed by atoms with Gasteiger partial charge in [0.15, 0.2) is 0 Å². The van der Waals surface area contributed by atoms with Crippen LogP contribution in [0.3, 0.4) is 0 Å². The highest BCUT2D eigenvalue weighted by Crippen LogP contribution is 2.23. The van der Waals surface area contributed by atoms with E-state index in [0.717, 1.165) is 33.5 Å². The molecule has 3 rings (SSSR count). The number of aromatic nitrogens is 1. The van der Waals surface area contributed by atoms with Crippen LogP contribution < -0.4 is 14.9 Å². The molecule has 0 amide bonds. The second kappa shape index (κ2) is 7.21. The van der Waals surface area contributed by atoms with Crippen LogP contribution in [-0.2, 0) is 0 Å². The lowest BCUT2D eigenvalue weighted by Gasteiger charge is -2.08. The predicted molar refractivity (Wildman–Crippen MR) is 102 cm³/mol. The van der Waals surface area contributed by atoms with Gasteiger partial charge in [-0.15, -0.1) is 0 Å². The lowest BCUT2D eigenvalue weighted by molar-refractivity contribution is 0.402. The molecule has 0 unspecified atom stereocenters. The Balaban J connectivity index is 1.85. The molecule has 1 aromatic heterocycles. The van der Waals surface area contributed by atoms with E-state index >= 15 is 0 Å². The van der Waals surface area contributed by atoms with Crippen molar-refractivity contribution in [3.05, 3.63) is 59.2 Å². The van der Waals surface area contributed by atoms with Crippen molar-refractivity contribution in [3.63, 3.8) is 0 Å². The van der Waals surface area contributed by atoms with Crippen molar-refractivity contribution in [2.45, 2.75) is 13.8 Å². The number of nitrogens with one attached hydrogen (secondary N) is 1. The van der Waals surface area contributed by atoms with E-state index < -0.39 is 0 Å². The van der Waals surface area contributed by atoms with Gasteiger partial charge in [0.25, 0.3) is 0 Å². The predicted octanol–water partition coefficient (Wildman–Crippen LogP) is 4.31. The molecule has 0 radical (unpaired) electrons. The largest absolute Gasteiger partial charge is 0.497 e. The lowest BCUT2D eigenvalue weighted by Crippen LogP contribution is -1.97. The van der Waals surface area contributed by atoms with Crippen LogP contribution in [-0.4, -0.2) is 25.4 Å². The van der Waals surface area contributed by atoms with E-state index in [-0.39, 0.29) is 0 Å². The minimum atomic E-state index is 0.701. The molecule has 25 heavy (non-hydrogen) atoms. The molecule has 1 heterocycles. The minimum absolute atomic E-state index is 0.701. The number of hydrogen-bond acceptors (Lipinski definition) is 5. The Morgan fingerprint density at radius 3 is 2.60 bits per heavy atom. The first-order valence-electron chi connectivity index (χ1n) is 8.00. The van der Waals surface area contributed by atoms with Gasteiger partial charge in [-0.25, -0.2) is 4.98 Å². The van der Waals surface area contributed by atoms with Crippen molar-refractivity contribution in [2.24, 2.45) is 5.10 Å². The fourth-order valence-electron chi connectivity index (χ4n) is 2.67. The highest BCUT2D eigenvalue weighted by atomic mass is 16.5. The summed E-state index contributed by atoms with van der Waals surface area (Å²) in [5, 5.41) is 5.44. The van der Waals surface area contributed by atoms with Crippen molar-refractivity contribution >= 4 is 22.9 Å². The van der Waals surface area contributed by atoms with E-state index in [1.165, 1.54) is 5.56 Å². The molecule has 0 spiro atoms. The zero-order valence-electron chi connectivity index (χ0n) is 14.8. The third kappa shape index (κ3) is 3.71. The summed E-state index contributed by atoms with van der Waals surface area (Å²) in [6.45, 7) is 4.15. The summed E-state index contributed by atoms with van der Waals surface area (Å²) in [7, 11) is 3.26. The van der Waals surface area contributed by atoms with Crippen molar-refractivity contribution in [2.75, 3.05) is 19.6 Å². The Morgan fingerprint density at radius 1 is 1.00 bits per heavy atom. The maximum atomic E-state index is 5.35. The molecule has 0 atom stereocenters. The number of methoxy groups -OCH3 is 2. The zero-order valence-corrected chi connectivity index (χ0v) is 14.8. The van der Waals surface area contributed by atoms with Gasteiger partial charge in [-0.05, 0) is 55.8 Å². The highest BCUT2D eigenvalue weighted by Gasteiger charge is 2.04. The summed E-state index contributed by atoms with van der Waals surface area (Å²) >= 11 is 0. The molecular formula is C20H21N3O2. The van der Waals surface area contributed by atoms with Crippen molar-refractivity contribution < 1.29 is 9.47 Å². The van der Waals surface area contributed by atoms with E-state index in [4.69, 9.17) is 9.47 Å².